The second-order valence-electron chi connectivity index (χ2n) is 4.51. The lowest BCUT2D eigenvalue weighted by molar-refractivity contribution is -0.188. The van der Waals surface area contributed by atoms with Crippen LogP contribution >= 0.6 is 0 Å². The molecule has 13 heavy (non-hydrogen) atoms. The minimum absolute atomic E-state index is 0.111. The highest BCUT2D eigenvalue weighted by molar-refractivity contribution is 5.83. The van der Waals surface area contributed by atoms with Crippen molar-refractivity contribution in [2.45, 2.75) is 32.4 Å². The molecule has 0 N–H and O–H groups in total. The first-order valence-electron chi connectivity index (χ1n) is 4.99. The average Bonchev–Trinajstić information content (AvgIpc) is 1.99. The molecule has 3 nitrogen and oxygen atoms in total. The Hall–Kier alpha value is -0.570. The summed E-state index contributed by atoms with van der Waals surface area (Å²) in [5.74, 6) is 1.23. The molecule has 0 radical (unpaired) electrons. The van der Waals surface area contributed by atoms with E-state index in [2.05, 4.69) is 13.8 Å². The minimum Gasteiger partial charge on any atom is -0.368 e. The van der Waals surface area contributed by atoms with Crippen molar-refractivity contribution in [1.29, 1.82) is 0 Å². The molecule has 3 unspecified atom stereocenters. The molecule has 0 spiro atoms. The SMILES string of the molecule is CC(C)C1CC2COC2C(=O)N1C. The molecule has 3 heteroatoms. The zero-order chi connectivity index (χ0) is 9.59. The van der Waals surface area contributed by atoms with Crippen LogP contribution in [0.2, 0.25) is 0 Å². The Bertz CT molecular complexity index is 227. The Labute approximate surface area is 79.0 Å². The van der Waals surface area contributed by atoms with Crippen LogP contribution in [0.3, 0.4) is 0 Å². The van der Waals surface area contributed by atoms with E-state index in [1.165, 1.54) is 0 Å². The first kappa shape index (κ1) is 9.00. The number of piperidine rings is 1. The van der Waals surface area contributed by atoms with E-state index >= 15 is 0 Å². The highest BCUT2D eigenvalue weighted by Gasteiger charge is 2.47. The number of hydrogen-bond donors (Lipinski definition) is 0. The molecule has 1 amide bonds. The Balaban J connectivity index is 2.11. The molecule has 0 aromatic carbocycles. The lowest BCUT2D eigenvalue weighted by atomic mass is 9.81. The number of hydrogen-bond acceptors (Lipinski definition) is 2. The van der Waals surface area contributed by atoms with E-state index in [0.717, 1.165) is 13.0 Å². The summed E-state index contributed by atoms with van der Waals surface area (Å²) in [6.45, 7) is 5.13. The van der Waals surface area contributed by atoms with Crippen LogP contribution in [0.25, 0.3) is 0 Å². The lowest BCUT2D eigenvalue weighted by Crippen LogP contribution is -2.60. The Morgan fingerprint density at radius 1 is 1.54 bits per heavy atom. The fourth-order valence-corrected chi connectivity index (χ4v) is 2.34. The van der Waals surface area contributed by atoms with Crippen molar-refractivity contribution in [1.82, 2.24) is 4.90 Å². The molecule has 0 aromatic rings. The number of ether oxygens (including phenoxy) is 1. The number of likely N-dealkylation sites (N-methyl/N-ethyl adjacent to an activating group) is 1. The molecule has 0 aliphatic carbocycles. The molecule has 2 fully saturated rings. The highest BCUT2D eigenvalue weighted by Crippen LogP contribution is 2.35. The van der Waals surface area contributed by atoms with Crippen molar-refractivity contribution in [3.05, 3.63) is 0 Å². The third-order valence-electron chi connectivity index (χ3n) is 3.32. The second-order valence-corrected chi connectivity index (χ2v) is 4.51. The van der Waals surface area contributed by atoms with Crippen molar-refractivity contribution >= 4 is 5.91 Å². The maximum Gasteiger partial charge on any atom is 0.252 e. The maximum absolute atomic E-state index is 11.7. The molecule has 2 rings (SSSR count). The summed E-state index contributed by atoms with van der Waals surface area (Å²) < 4.78 is 5.25. The quantitative estimate of drug-likeness (QED) is 0.604. The van der Waals surface area contributed by atoms with E-state index in [-0.39, 0.29) is 12.0 Å². The Kier molecular flexibility index (Phi) is 2.06. The third-order valence-corrected chi connectivity index (χ3v) is 3.32. The van der Waals surface area contributed by atoms with Crippen molar-refractivity contribution in [2.75, 3.05) is 13.7 Å². The molecule has 2 aliphatic heterocycles. The standard InChI is InChI=1S/C10H17NO2/c1-6(2)8-4-7-5-13-9(7)10(12)11(8)3/h6-9H,4-5H2,1-3H3. The van der Waals surface area contributed by atoms with Crippen LogP contribution < -0.4 is 0 Å². The number of fused-ring (bicyclic) bond motifs is 1. The summed E-state index contributed by atoms with van der Waals surface area (Å²) in [6.07, 6.45) is 1.00. The van der Waals surface area contributed by atoms with E-state index in [1.807, 2.05) is 11.9 Å². The van der Waals surface area contributed by atoms with Gasteiger partial charge < -0.3 is 9.64 Å². The number of amides is 1. The molecule has 2 aliphatic rings. The Morgan fingerprint density at radius 3 is 2.69 bits per heavy atom. The van der Waals surface area contributed by atoms with Gasteiger partial charge in [-0.2, -0.15) is 0 Å². The van der Waals surface area contributed by atoms with Gasteiger partial charge in [-0.15, -0.1) is 0 Å². The first-order chi connectivity index (χ1) is 6.11. The summed E-state index contributed by atoms with van der Waals surface area (Å²) in [5, 5.41) is 0. The van der Waals surface area contributed by atoms with Crippen LogP contribution in [0, 0.1) is 11.8 Å². The largest absolute Gasteiger partial charge is 0.368 e. The highest BCUT2D eigenvalue weighted by atomic mass is 16.5. The third kappa shape index (κ3) is 1.26. The van der Waals surface area contributed by atoms with Crippen LogP contribution in [0.4, 0.5) is 0 Å². The zero-order valence-electron chi connectivity index (χ0n) is 8.49. The van der Waals surface area contributed by atoms with Crippen LogP contribution in [0.1, 0.15) is 20.3 Å². The van der Waals surface area contributed by atoms with Gasteiger partial charge in [-0.3, -0.25) is 4.79 Å². The number of nitrogens with zero attached hydrogens (tertiary/aromatic N) is 1. The van der Waals surface area contributed by atoms with E-state index in [1.54, 1.807) is 0 Å². The summed E-state index contributed by atoms with van der Waals surface area (Å²) >= 11 is 0. The molecular weight excluding hydrogens is 166 g/mol. The second kappa shape index (κ2) is 2.98. The maximum atomic E-state index is 11.7. The first-order valence-corrected chi connectivity index (χ1v) is 4.99. The topological polar surface area (TPSA) is 29.5 Å². The predicted molar refractivity (Wildman–Crippen MR) is 49.2 cm³/mol. The number of carbonyl (C=O) groups is 1. The van der Waals surface area contributed by atoms with Gasteiger partial charge in [-0.1, -0.05) is 13.8 Å². The van der Waals surface area contributed by atoms with E-state index in [4.69, 9.17) is 4.74 Å². The summed E-state index contributed by atoms with van der Waals surface area (Å²) in [4.78, 5) is 13.6. The summed E-state index contributed by atoms with van der Waals surface area (Å²) in [7, 11) is 1.89. The molecule has 74 valence electrons. The molecule has 0 saturated carbocycles. The molecular formula is C10H17NO2. The predicted octanol–water partition coefficient (Wildman–Crippen LogP) is 0.888. The molecule has 0 bridgehead atoms. The Morgan fingerprint density at radius 2 is 2.23 bits per heavy atom. The van der Waals surface area contributed by atoms with Gasteiger partial charge >= 0.3 is 0 Å². The van der Waals surface area contributed by atoms with Gasteiger partial charge in [0.25, 0.3) is 5.91 Å². The van der Waals surface area contributed by atoms with Gasteiger partial charge in [-0.25, -0.2) is 0 Å². The van der Waals surface area contributed by atoms with Gasteiger partial charge in [-0.05, 0) is 12.3 Å². The van der Waals surface area contributed by atoms with Crippen molar-refractivity contribution in [3.63, 3.8) is 0 Å². The van der Waals surface area contributed by atoms with E-state index < -0.39 is 0 Å². The summed E-state index contributed by atoms with van der Waals surface area (Å²) in [6, 6.07) is 0.414. The molecule has 3 atom stereocenters. The van der Waals surface area contributed by atoms with Gasteiger partial charge in [0.15, 0.2) is 0 Å². The number of carbonyl (C=O) groups excluding carboxylic acids is 1. The summed E-state index contributed by atoms with van der Waals surface area (Å²) in [5.41, 5.74) is 0. The lowest BCUT2D eigenvalue weighted by Gasteiger charge is -2.48. The van der Waals surface area contributed by atoms with Crippen molar-refractivity contribution in [2.24, 2.45) is 11.8 Å². The minimum atomic E-state index is -0.111. The van der Waals surface area contributed by atoms with Crippen molar-refractivity contribution < 1.29 is 9.53 Å². The fourth-order valence-electron chi connectivity index (χ4n) is 2.34. The normalized spacial score (nSPS) is 38.9. The van der Waals surface area contributed by atoms with Gasteiger partial charge in [0.05, 0.1) is 6.61 Å². The fraction of sp³-hybridized carbons (Fsp3) is 0.900. The van der Waals surface area contributed by atoms with Crippen LogP contribution in [-0.2, 0) is 9.53 Å². The van der Waals surface area contributed by atoms with Crippen molar-refractivity contribution in [3.8, 4) is 0 Å². The number of rotatable bonds is 1. The van der Waals surface area contributed by atoms with Crippen LogP contribution in [-0.4, -0.2) is 36.6 Å². The van der Waals surface area contributed by atoms with Crippen LogP contribution in [0.5, 0.6) is 0 Å². The average molecular weight is 183 g/mol. The van der Waals surface area contributed by atoms with Gasteiger partial charge in [0, 0.05) is 19.0 Å². The monoisotopic (exact) mass is 183 g/mol. The number of likely N-dealkylation sites (tertiary alicyclic amines) is 1. The molecule has 2 saturated heterocycles. The zero-order valence-corrected chi connectivity index (χ0v) is 8.49. The van der Waals surface area contributed by atoms with Gasteiger partial charge in [0.2, 0.25) is 0 Å². The van der Waals surface area contributed by atoms with Gasteiger partial charge in [0.1, 0.15) is 6.10 Å². The van der Waals surface area contributed by atoms with E-state index in [0.29, 0.717) is 17.9 Å². The van der Waals surface area contributed by atoms with Crippen LogP contribution in [0.15, 0.2) is 0 Å². The molecule has 0 aromatic heterocycles. The molecule has 2 heterocycles. The smallest absolute Gasteiger partial charge is 0.252 e. The van der Waals surface area contributed by atoms with E-state index in [9.17, 15) is 4.79 Å².